The molecule has 1 aliphatic carbocycles. The number of benzene rings is 1. The SMILES string of the molecule is CN(C/C=C/C1CCCC1)c1nc(=O)c2cc(C(F)(F)F)cc([N+](=O)[O-])c2s1. The van der Waals surface area contributed by atoms with Crippen LogP contribution in [0.4, 0.5) is 24.0 Å². The van der Waals surface area contributed by atoms with Gasteiger partial charge in [-0.3, -0.25) is 14.9 Å². The molecule has 2 aromatic rings. The quantitative estimate of drug-likeness (QED) is 0.401. The Labute approximate surface area is 162 Å². The molecule has 0 atom stereocenters. The number of halogens is 3. The molecule has 0 N–H and O–H groups in total. The molecule has 1 fully saturated rings. The van der Waals surface area contributed by atoms with E-state index in [0.29, 0.717) is 24.6 Å². The van der Waals surface area contributed by atoms with Crippen LogP contribution in [-0.4, -0.2) is 23.5 Å². The molecule has 0 radical (unpaired) electrons. The van der Waals surface area contributed by atoms with Crippen LogP contribution in [0.2, 0.25) is 0 Å². The third kappa shape index (κ3) is 4.32. The summed E-state index contributed by atoms with van der Waals surface area (Å²) in [4.78, 5) is 28.2. The molecule has 0 saturated heterocycles. The molecule has 0 amide bonds. The lowest BCUT2D eigenvalue weighted by Crippen LogP contribution is -2.21. The molecule has 28 heavy (non-hydrogen) atoms. The number of nitro groups is 1. The first-order chi connectivity index (χ1) is 13.2. The summed E-state index contributed by atoms with van der Waals surface area (Å²) in [5.74, 6) is 0.540. The summed E-state index contributed by atoms with van der Waals surface area (Å²) >= 11 is 0.838. The molecule has 150 valence electrons. The van der Waals surface area contributed by atoms with E-state index in [9.17, 15) is 28.1 Å². The highest BCUT2D eigenvalue weighted by Crippen LogP contribution is 2.38. The van der Waals surface area contributed by atoms with Crippen LogP contribution in [0.1, 0.15) is 31.2 Å². The lowest BCUT2D eigenvalue weighted by atomic mass is 10.1. The fourth-order valence-corrected chi connectivity index (χ4v) is 4.28. The summed E-state index contributed by atoms with van der Waals surface area (Å²) in [6.45, 7) is 0.444. The minimum absolute atomic E-state index is 0.111. The van der Waals surface area contributed by atoms with E-state index in [1.807, 2.05) is 6.08 Å². The van der Waals surface area contributed by atoms with Gasteiger partial charge in [0.25, 0.3) is 11.2 Å². The van der Waals surface area contributed by atoms with Gasteiger partial charge in [0.15, 0.2) is 5.13 Å². The zero-order valence-electron chi connectivity index (χ0n) is 15.0. The standard InChI is InChI=1S/C18H18F3N3O3S/c1-23(8-4-7-11-5-2-3-6-11)17-22-16(25)13-9-12(18(19,20)21)10-14(24(26)27)15(13)28-17/h4,7,9-11H,2-3,5-6,8H2,1H3/b7-4+. The van der Waals surface area contributed by atoms with Crippen molar-refractivity contribution in [1.29, 1.82) is 0 Å². The molecule has 3 rings (SSSR count). The zero-order chi connectivity index (χ0) is 20.5. The van der Waals surface area contributed by atoms with E-state index in [1.54, 1.807) is 11.9 Å². The molecular weight excluding hydrogens is 395 g/mol. The molecule has 1 aliphatic rings. The predicted molar refractivity (Wildman–Crippen MR) is 102 cm³/mol. The van der Waals surface area contributed by atoms with Crippen molar-refractivity contribution in [3.05, 3.63) is 50.3 Å². The average Bonchev–Trinajstić information content (AvgIpc) is 3.13. The molecule has 6 nitrogen and oxygen atoms in total. The maximum atomic E-state index is 13.0. The Kier molecular flexibility index (Phi) is 5.69. The molecule has 1 aromatic carbocycles. The summed E-state index contributed by atoms with van der Waals surface area (Å²) in [7, 11) is 1.68. The fraction of sp³-hybridized carbons (Fsp3) is 0.444. The number of nitro benzene ring substituents is 1. The summed E-state index contributed by atoms with van der Waals surface area (Å²) < 4.78 is 38.9. The maximum Gasteiger partial charge on any atom is 0.416 e. The Morgan fingerprint density at radius 3 is 2.64 bits per heavy atom. The summed E-state index contributed by atoms with van der Waals surface area (Å²) in [6, 6.07) is 1.08. The average molecular weight is 413 g/mol. The van der Waals surface area contributed by atoms with Gasteiger partial charge in [-0.15, -0.1) is 0 Å². The van der Waals surface area contributed by atoms with E-state index < -0.39 is 33.3 Å². The van der Waals surface area contributed by atoms with Gasteiger partial charge in [0.05, 0.1) is 15.9 Å². The van der Waals surface area contributed by atoms with Crippen LogP contribution in [0.25, 0.3) is 10.1 Å². The monoisotopic (exact) mass is 413 g/mol. The number of hydrogen-bond acceptors (Lipinski definition) is 6. The molecule has 10 heteroatoms. The van der Waals surface area contributed by atoms with Crippen molar-refractivity contribution in [2.45, 2.75) is 31.9 Å². The second-order valence-corrected chi connectivity index (χ2v) is 7.76. The number of fused-ring (bicyclic) bond motifs is 1. The number of aromatic nitrogens is 1. The van der Waals surface area contributed by atoms with Crippen LogP contribution in [-0.2, 0) is 6.18 Å². The van der Waals surface area contributed by atoms with Crippen molar-refractivity contribution >= 4 is 32.2 Å². The first kappa shape index (κ1) is 20.2. The van der Waals surface area contributed by atoms with Crippen molar-refractivity contribution < 1.29 is 18.1 Å². The van der Waals surface area contributed by atoms with Crippen LogP contribution in [0.5, 0.6) is 0 Å². The summed E-state index contributed by atoms with van der Waals surface area (Å²) in [6.07, 6.45) is 4.00. The Bertz CT molecular complexity index is 982. The lowest BCUT2D eigenvalue weighted by molar-refractivity contribution is -0.383. The van der Waals surface area contributed by atoms with Gasteiger partial charge in [-0.1, -0.05) is 36.3 Å². The van der Waals surface area contributed by atoms with E-state index in [2.05, 4.69) is 11.1 Å². The van der Waals surface area contributed by atoms with Crippen LogP contribution in [0, 0.1) is 16.0 Å². The number of nitrogens with zero attached hydrogens (tertiary/aromatic N) is 3. The first-order valence-corrected chi connectivity index (χ1v) is 9.56. The summed E-state index contributed by atoms with van der Waals surface area (Å²) in [5, 5.41) is 11.1. The lowest BCUT2D eigenvalue weighted by Gasteiger charge is -2.16. The number of allylic oxidation sites excluding steroid dienone is 1. The second kappa shape index (κ2) is 7.86. The van der Waals surface area contributed by atoms with Crippen LogP contribution in [0.15, 0.2) is 29.1 Å². The van der Waals surface area contributed by atoms with Gasteiger partial charge in [-0.25, -0.2) is 0 Å². The summed E-state index contributed by atoms with van der Waals surface area (Å²) in [5.41, 5.74) is -2.89. The molecule has 0 aliphatic heterocycles. The van der Waals surface area contributed by atoms with Crippen molar-refractivity contribution in [2.24, 2.45) is 5.92 Å². The van der Waals surface area contributed by atoms with Gasteiger partial charge in [0.1, 0.15) is 4.70 Å². The molecular formula is C18H18F3N3O3S. The van der Waals surface area contributed by atoms with Gasteiger partial charge in [-0.2, -0.15) is 18.2 Å². The van der Waals surface area contributed by atoms with Gasteiger partial charge < -0.3 is 4.90 Å². The predicted octanol–water partition coefficient (Wildman–Crippen LogP) is 4.77. The molecule has 1 saturated carbocycles. The smallest absolute Gasteiger partial charge is 0.347 e. The minimum Gasteiger partial charge on any atom is -0.347 e. The van der Waals surface area contributed by atoms with Crippen LogP contribution >= 0.6 is 11.3 Å². The topological polar surface area (TPSA) is 76.3 Å². The Hall–Kier alpha value is -2.49. The number of alkyl halides is 3. The van der Waals surface area contributed by atoms with Gasteiger partial charge >= 0.3 is 6.18 Å². The Balaban J connectivity index is 1.98. The highest BCUT2D eigenvalue weighted by molar-refractivity contribution is 7.22. The van der Waals surface area contributed by atoms with E-state index in [1.165, 1.54) is 12.8 Å². The largest absolute Gasteiger partial charge is 0.416 e. The number of likely N-dealkylation sites (N-methyl/N-ethyl adjacent to an activating group) is 1. The normalized spacial score (nSPS) is 15.6. The van der Waals surface area contributed by atoms with Crippen molar-refractivity contribution in [2.75, 3.05) is 18.5 Å². The molecule has 0 unspecified atom stereocenters. The van der Waals surface area contributed by atoms with Crippen molar-refractivity contribution in [3.63, 3.8) is 0 Å². The first-order valence-electron chi connectivity index (χ1n) is 8.75. The van der Waals surface area contributed by atoms with E-state index in [4.69, 9.17) is 0 Å². The number of hydrogen-bond donors (Lipinski definition) is 0. The highest BCUT2D eigenvalue weighted by atomic mass is 32.1. The second-order valence-electron chi connectivity index (χ2n) is 6.78. The zero-order valence-corrected chi connectivity index (χ0v) is 15.8. The van der Waals surface area contributed by atoms with Crippen LogP contribution in [0.3, 0.4) is 0 Å². The van der Waals surface area contributed by atoms with Crippen LogP contribution < -0.4 is 10.5 Å². The molecule has 1 heterocycles. The number of rotatable bonds is 5. The Morgan fingerprint density at radius 1 is 1.36 bits per heavy atom. The van der Waals surface area contributed by atoms with Crippen molar-refractivity contribution in [1.82, 2.24) is 4.98 Å². The third-order valence-electron chi connectivity index (χ3n) is 4.73. The van der Waals surface area contributed by atoms with E-state index in [0.717, 1.165) is 24.2 Å². The third-order valence-corrected chi connectivity index (χ3v) is 5.95. The van der Waals surface area contributed by atoms with Gasteiger partial charge in [0, 0.05) is 19.7 Å². The molecule has 0 bridgehead atoms. The van der Waals surface area contributed by atoms with Crippen molar-refractivity contribution in [3.8, 4) is 0 Å². The van der Waals surface area contributed by atoms with E-state index >= 15 is 0 Å². The minimum atomic E-state index is -4.80. The molecule has 0 spiro atoms. The van der Waals surface area contributed by atoms with E-state index in [-0.39, 0.29) is 9.83 Å². The highest BCUT2D eigenvalue weighted by Gasteiger charge is 2.34. The van der Waals surface area contributed by atoms with Gasteiger partial charge in [0.2, 0.25) is 0 Å². The molecule has 1 aromatic heterocycles. The fourth-order valence-electron chi connectivity index (χ4n) is 3.24. The Morgan fingerprint density at radius 2 is 2.04 bits per heavy atom. The maximum absolute atomic E-state index is 13.0. The van der Waals surface area contributed by atoms with Gasteiger partial charge in [-0.05, 0) is 24.8 Å². The number of anilines is 1. The number of non-ortho nitro benzene ring substituents is 1.